The highest BCUT2D eigenvalue weighted by Gasteiger charge is 2.13. The highest BCUT2D eigenvalue weighted by atomic mass is 31.2. The maximum atomic E-state index is 9.53. The van der Waals surface area contributed by atoms with Crippen molar-refractivity contribution in [1.29, 1.82) is 0 Å². The molecule has 20 heavy (non-hydrogen) atoms. The molecule has 7 heteroatoms. The van der Waals surface area contributed by atoms with E-state index in [1.54, 1.807) is 0 Å². The first-order valence-electron chi connectivity index (χ1n) is 6.79. The van der Waals surface area contributed by atoms with Gasteiger partial charge in [-0.25, -0.2) is 0 Å². The number of hydrogen-bond acceptors (Lipinski definition) is 6. The lowest BCUT2D eigenvalue weighted by atomic mass is 10.3. The molecule has 0 fully saturated rings. The Balaban J connectivity index is 1.96. The molecular weight excluding hydrogens is 275 g/mol. The molecule has 0 aliphatic carbocycles. The Morgan fingerprint density at radius 3 is 2.20 bits per heavy atom. The smallest absolute Gasteiger partial charge is 0.125 e. The van der Waals surface area contributed by atoms with E-state index in [9.17, 15) is 9.79 Å². The molecular formula is C13H23N4O2P. The second kappa shape index (κ2) is 7.31. The fourth-order valence-corrected chi connectivity index (χ4v) is 3.13. The van der Waals surface area contributed by atoms with Crippen molar-refractivity contribution in [2.45, 2.75) is 13.1 Å². The fourth-order valence-electron chi connectivity index (χ4n) is 2.21. The number of aromatic nitrogens is 1. The summed E-state index contributed by atoms with van der Waals surface area (Å²) in [4.78, 5) is 25.6. The van der Waals surface area contributed by atoms with Gasteiger partial charge in [-0.2, -0.15) is 0 Å². The number of nitrogens with zero attached hydrogens (tertiary/aromatic N) is 2. The maximum Gasteiger partial charge on any atom is 0.125 e. The van der Waals surface area contributed by atoms with Gasteiger partial charge in [-0.05, 0) is 12.1 Å². The summed E-state index contributed by atoms with van der Waals surface area (Å²) in [6.45, 7) is 4.55. The third-order valence-electron chi connectivity index (χ3n) is 3.11. The van der Waals surface area contributed by atoms with Gasteiger partial charge >= 0.3 is 0 Å². The summed E-state index contributed by atoms with van der Waals surface area (Å²) in [7, 11) is -3.01. The average Bonchev–Trinajstić information content (AvgIpc) is 2.37. The van der Waals surface area contributed by atoms with E-state index in [-0.39, 0.29) is 6.29 Å². The number of pyridine rings is 1. The standard InChI is InChI=1S/C13H23N4O2P/c1-20(18,19)11-17-7-5-14-9-12-3-2-4-13(16-12)10-15-6-8-17/h2-4,14-15,18-19H,1,5-11H2. The largest absolute Gasteiger partial charge is 0.352 e. The first-order valence-corrected chi connectivity index (χ1v) is 8.86. The molecule has 0 unspecified atom stereocenters. The van der Waals surface area contributed by atoms with Gasteiger partial charge in [0.05, 0.1) is 17.7 Å². The monoisotopic (exact) mass is 298 g/mol. The lowest BCUT2D eigenvalue weighted by Gasteiger charge is -2.26. The van der Waals surface area contributed by atoms with E-state index in [1.165, 1.54) is 0 Å². The van der Waals surface area contributed by atoms with Gasteiger partial charge in [-0.3, -0.25) is 9.88 Å². The summed E-state index contributed by atoms with van der Waals surface area (Å²) in [6, 6.07) is 6.04. The molecule has 0 amide bonds. The van der Waals surface area contributed by atoms with Gasteiger partial charge in [0.1, 0.15) is 7.34 Å². The number of rotatable bonds is 2. The van der Waals surface area contributed by atoms with E-state index in [1.807, 2.05) is 23.1 Å². The Morgan fingerprint density at radius 2 is 1.70 bits per heavy atom. The normalized spacial score (nSPS) is 19.1. The molecule has 0 spiro atoms. The SMILES string of the molecule is C=P(O)(O)CN1CCNCc2cccc(n2)CNCC1. The van der Waals surface area contributed by atoms with Gasteiger partial charge < -0.3 is 20.4 Å². The molecule has 0 radical (unpaired) electrons. The Kier molecular flexibility index (Phi) is 5.72. The summed E-state index contributed by atoms with van der Waals surface area (Å²) in [5, 5.41) is 6.66. The number of hydrogen-bond donors (Lipinski definition) is 4. The summed E-state index contributed by atoms with van der Waals surface area (Å²) in [5.41, 5.74) is 2.06. The van der Waals surface area contributed by atoms with Crippen LogP contribution in [0.4, 0.5) is 0 Å². The predicted octanol–water partition coefficient (Wildman–Crippen LogP) is -0.202. The summed E-state index contributed by atoms with van der Waals surface area (Å²) in [5.74, 6) is 0. The third kappa shape index (κ3) is 5.71. The molecule has 112 valence electrons. The van der Waals surface area contributed by atoms with E-state index in [0.29, 0.717) is 0 Å². The van der Waals surface area contributed by atoms with Crippen LogP contribution in [-0.2, 0) is 13.1 Å². The van der Waals surface area contributed by atoms with Gasteiger partial charge in [0, 0.05) is 39.3 Å². The second-order valence-electron chi connectivity index (χ2n) is 5.11. The Morgan fingerprint density at radius 1 is 1.15 bits per heavy atom. The van der Waals surface area contributed by atoms with Crippen LogP contribution in [0.15, 0.2) is 18.2 Å². The van der Waals surface area contributed by atoms with Gasteiger partial charge in [0.2, 0.25) is 0 Å². The van der Waals surface area contributed by atoms with Gasteiger partial charge in [-0.1, -0.05) is 12.4 Å². The lowest BCUT2D eigenvalue weighted by Crippen LogP contribution is -2.38. The molecule has 1 aliphatic rings. The van der Waals surface area contributed by atoms with Gasteiger partial charge in [-0.15, -0.1) is 0 Å². The van der Waals surface area contributed by atoms with Crippen LogP contribution in [0.3, 0.4) is 0 Å². The Bertz CT molecular complexity index is 450. The summed E-state index contributed by atoms with van der Waals surface area (Å²) < 4.78 is 0. The topological polar surface area (TPSA) is 80.7 Å². The first-order chi connectivity index (χ1) is 9.53. The van der Waals surface area contributed by atoms with Crippen LogP contribution in [-0.4, -0.2) is 58.4 Å². The van der Waals surface area contributed by atoms with Gasteiger partial charge in [0.15, 0.2) is 0 Å². The molecule has 1 aromatic rings. The molecule has 2 heterocycles. The van der Waals surface area contributed by atoms with Crippen LogP contribution in [0.5, 0.6) is 0 Å². The van der Waals surface area contributed by atoms with Crippen molar-refractivity contribution in [3.63, 3.8) is 0 Å². The van der Waals surface area contributed by atoms with Crippen LogP contribution in [0, 0.1) is 0 Å². The molecule has 0 atom stereocenters. The van der Waals surface area contributed by atoms with E-state index < -0.39 is 7.34 Å². The van der Waals surface area contributed by atoms with E-state index in [0.717, 1.165) is 50.7 Å². The van der Waals surface area contributed by atoms with Crippen molar-refractivity contribution in [3.8, 4) is 0 Å². The minimum absolute atomic E-state index is 0.250. The molecule has 2 bridgehead atoms. The fraction of sp³-hybridized carbons (Fsp3) is 0.538. The maximum absolute atomic E-state index is 9.53. The first kappa shape index (κ1) is 15.6. The second-order valence-corrected chi connectivity index (χ2v) is 7.15. The molecule has 4 N–H and O–H groups in total. The van der Waals surface area contributed by atoms with E-state index in [2.05, 4.69) is 21.9 Å². The minimum atomic E-state index is -3.01. The van der Waals surface area contributed by atoms with Crippen molar-refractivity contribution >= 4 is 13.6 Å². The van der Waals surface area contributed by atoms with Crippen LogP contribution in [0.25, 0.3) is 0 Å². The van der Waals surface area contributed by atoms with Gasteiger partial charge in [0.25, 0.3) is 0 Å². The van der Waals surface area contributed by atoms with E-state index in [4.69, 9.17) is 0 Å². The zero-order chi connectivity index (χ0) is 14.4. The number of nitrogens with one attached hydrogen (secondary N) is 2. The zero-order valence-corrected chi connectivity index (χ0v) is 12.5. The van der Waals surface area contributed by atoms with Crippen molar-refractivity contribution in [2.75, 3.05) is 32.5 Å². The van der Waals surface area contributed by atoms with Crippen LogP contribution in [0.2, 0.25) is 0 Å². The Labute approximate surface area is 120 Å². The highest BCUT2D eigenvalue weighted by Crippen LogP contribution is 2.34. The molecule has 6 nitrogen and oxygen atoms in total. The van der Waals surface area contributed by atoms with Crippen LogP contribution >= 0.6 is 7.34 Å². The summed E-state index contributed by atoms with van der Waals surface area (Å²) >= 11 is 0. The predicted molar refractivity (Wildman–Crippen MR) is 82.6 cm³/mol. The molecule has 2 rings (SSSR count). The molecule has 0 aromatic carbocycles. The molecule has 1 aliphatic heterocycles. The highest BCUT2D eigenvalue weighted by molar-refractivity contribution is 7.62. The third-order valence-corrected chi connectivity index (χ3v) is 3.97. The Hall–Kier alpha value is -0.750. The van der Waals surface area contributed by atoms with Crippen molar-refractivity contribution in [1.82, 2.24) is 20.5 Å². The quantitative estimate of drug-likeness (QED) is 0.566. The van der Waals surface area contributed by atoms with E-state index >= 15 is 0 Å². The molecule has 0 saturated carbocycles. The minimum Gasteiger partial charge on any atom is -0.352 e. The molecule has 0 saturated heterocycles. The van der Waals surface area contributed by atoms with Crippen LogP contribution < -0.4 is 10.6 Å². The van der Waals surface area contributed by atoms with Crippen LogP contribution in [0.1, 0.15) is 11.4 Å². The van der Waals surface area contributed by atoms with Crippen molar-refractivity contribution in [2.24, 2.45) is 0 Å². The zero-order valence-electron chi connectivity index (χ0n) is 11.6. The average molecular weight is 298 g/mol. The molecule has 1 aromatic heterocycles. The van der Waals surface area contributed by atoms with Crippen molar-refractivity contribution < 1.29 is 9.79 Å². The summed E-state index contributed by atoms with van der Waals surface area (Å²) in [6.07, 6.45) is 3.69. The number of fused-ring (bicyclic) bond motifs is 2. The lowest BCUT2D eigenvalue weighted by molar-refractivity contribution is 0.294. The van der Waals surface area contributed by atoms with Crippen molar-refractivity contribution in [3.05, 3.63) is 29.6 Å².